The fourth-order valence-electron chi connectivity index (χ4n) is 4.81. The summed E-state index contributed by atoms with van der Waals surface area (Å²) in [6.07, 6.45) is 5.52. The van der Waals surface area contributed by atoms with Crippen molar-refractivity contribution in [3.05, 3.63) is 71.6 Å². The lowest BCUT2D eigenvalue weighted by Gasteiger charge is -2.38. The largest absolute Gasteiger partial charge is 0.469 e. The number of nitrogens with one attached hydrogen (secondary N) is 2. The van der Waals surface area contributed by atoms with E-state index in [2.05, 4.69) is 47.4 Å². The van der Waals surface area contributed by atoms with E-state index in [0.717, 1.165) is 17.6 Å². The summed E-state index contributed by atoms with van der Waals surface area (Å²) >= 11 is 0. The number of fused-ring (bicyclic) bond motifs is 3. The molecule has 1 aromatic carbocycles. The van der Waals surface area contributed by atoms with E-state index >= 15 is 0 Å². The molecule has 4 heterocycles. The van der Waals surface area contributed by atoms with Gasteiger partial charge < -0.3 is 19.6 Å². The zero-order chi connectivity index (χ0) is 23.1. The molecule has 0 fully saturated rings. The van der Waals surface area contributed by atoms with Gasteiger partial charge in [-0.3, -0.25) is 14.3 Å². The van der Waals surface area contributed by atoms with Gasteiger partial charge in [0.05, 0.1) is 29.8 Å². The number of aromatic amines is 1. The highest BCUT2D eigenvalue weighted by Crippen LogP contribution is 2.38. The first kappa shape index (κ1) is 21.1. The summed E-state index contributed by atoms with van der Waals surface area (Å²) in [7, 11) is 0. The van der Waals surface area contributed by atoms with Gasteiger partial charge in [0.15, 0.2) is 0 Å². The molecule has 170 valence electrons. The van der Waals surface area contributed by atoms with Crippen LogP contribution in [0.3, 0.4) is 0 Å². The number of hydrogen-bond donors (Lipinski definition) is 2. The van der Waals surface area contributed by atoms with Crippen LogP contribution in [-0.4, -0.2) is 38.0 Å². The van der Waals surface area contributed by atoms with Gasteiger partial charge in [0.1, 0.15) is 12.3 Å². The molecule has 0 aliphatic carbocycles. The molecule has 0 saturated heterocycles. The first-order valence-electron chi connectivity index (χ1n) is 11.2. The van der Waals surface area contributed by atoms with Gasteiger partial charge in [0, 0.05) is 29.3 Å². The standard InChI is InChI=1S/C25H27N5O3/c1-15(2)24-23-20(19-6-4-5-7-21(19)28-23)8-10-30(24)22(31)14-29-13-17(12-26-29)27-25(32)18-9-11-33-16(18)3/h4-7,9,11-13,15,24,28H,8,10,14H2,1-3H3,(H,27,32). The van der Waals surface area contributed by atoms with E-state index in [4.69, 9.17) is 4.42 Å². The molecule has 2 N–H and O–H groups in total. The zero-order valence-electron chi connectivity index (χ0n) is 19.0. The van der Waals surface area contributed by atoms with Crippen LogP contribution in [-0.2, 0) is 17.8 Å². The molecule has 0 radical (unpaired) electrons. The van der Waals surface area contributed by atoms with Crippen LogP contribution >= 0.6 is 0 Å². The molecule has 8 heteroatoms. The van der Waals surface area contributed by atoms with Gasteiger partial charge >= 0.3 is 0 Å². The second kappa shape index (κ2) is 8.27. The van der Waals surface area contributed by atoms with Gasteiger partial charge in [-0.05, 0) is 37.0 Å². The van der Waals surface area contributed by atoms with Crippen molar-refractivity contribution in [3.63, 3.8) is 0 Å². The van der Waals surface area contributed by atoms with E-state index in [-0.39, 0.29) is 30.3 Å². The van der Waals surface area contributed by atoms with Crippen LogP contribution in [0, 0.1) is 12.8 Å². The van der Waals surface area contributed by atoms with Crippen molar-refractivity contribution in [2.75, 3.05) is 11.9 Å². The Kier molecular flexibility index (Phi) is 5.28. The molecule has 1 aliphatic rings. The Morgan fingerprint density at radius 2 is 2.09 bits per heavy atom. The first-order chi connectivity index (χ1) is 15.9. The second-order valence-corrected chi connectivity index (χ2v) is 8.86. The summed E-state index contributed by atoms with van der Waals surface area (Å²) < 4.78 is 6.76. The molecule has 3 aromatic heterocycles. The molecule has 2 amide bonds. The van der Waals surface area contributed by atoms with Gasteiger partial charge in [-0.2, -0.15) is 5.10 Å². The number of carbonyl (C=O) groups is 2. The molecule has 0 spiro atoms. The third kappa shape index (κ3) is 3.82. The van der Waals surface area contributed by atoms with Crippen molar-refractivity contribution in [1.82, 2.24) is 19.7 Å². The predicted octanol–water partition coefficient (Wildman–Crippen LogP) is 4.30. The Balaban J connectivity index is 1.32. The van der Waals surface area contributed by atoms with Gasteiger partial charge in [-0.15, -0.1) is 0 Å². The minimum atomic E-state index is -0.269. The van der Waals surface area contributed by atoms with Gasteiger partial charge in [-0.25, -0.2) is 0 Å². The highest BCUT2D eigenvalue weighted by atomic mass is 16.3. The second-order valence-electron chi connectivity index (χ2n) is 8.86. The molecule has 5 rings (SSSR count). The lowest BCUT2D eigenvalue weighted by atomic mass is 9.90. The minimum Gasteiger partial charge on any atom is -0.469 e. The van der Waals surface area contributed by atoms with E-state index in [0.29, 0.717) is 23.6 Å². The van der Waals surface area contributed by atoms with Crippen LogP contribution in [0.4, 0.5) is 5.69 Å². The topological polar surface area (TPSA) is 96.2 Å². The monoisotopic (exact) mass is 445 g/mol. The van der Waals surface area contributed by atoms with Gasteiger partial charge in [0.25, 0.3) is 5.91 Å². The summed E-state index contributed by atoms with van der Waals surface area (Å²) in [5.41, 5.74) is 4.57. The average Bonchev–Trinajstić information content (AvgIpc) is 3.51. The molecule has 1 aliphatic heterocycles. The molecular weight excluding hydrogens is 418 g/mol. The quantitative estimate of drug-likeness (QED) is 0.479. The Morgan fingerprint density at radius 1 is 1.27 bits per heavy atom. The van der Waals surface area contributed by atoms with Crippen LogP contribution in [0.25, 0.3) is 10.9 Å². The molecule has 0 saturated carbocycles. The summed E-state index contributed by atoms with van der Waals surface area (Å²) in [6, 6.07) is 9.91. The van der Waals surface area contributed by atoms with Gasteiger partial charge in [-0.1, -0.05) is 32.0 Å². The number of aromatic nitrogens is 3. The van der Waals surface area contributed by atoms with Crippen molar-refractivity contribution in [2.24, 2.45) is 5.92 Å². The number of carbonyl (C=O) groups excluding carboxylic acids is 2. The number of nitrogens with zero attached hydrogens (tertiary/aromatic N) is 3. The van der Waals surface area contributed by atoms with Gasteiger partial charge in [0.2, 0.25) is 5.91 Å². The molecule has 1 unspecified atom stereocenters. The van der Waals surface area contributed by atoms with Crippen LogP contribution in [0.5, 0.6) is 0 Å². The maximum atomic E-state index is 13.3. The Bertz CT molecular complexity index is 1330. The normalized spacial score (nSPS) is 15.8. The van der Waals surface area contributed by atoms with Crippen molar-refractivity contribution < 1.29 is 14.0 Å². The average molecular weight is 446 g/mol. The number of hydrogen-bond acceptors (Lipinski definition) is 4. The van der Waals surface area contributed by atoms with E-state index in [9.17, 15) is 9.59 Å². The molecule has 1 atom stereocenters. The number of amides is 2. The maximum absolute atomic E-state index is 13.3. The highest BCUT2D eigenvalue weighted by molar-refractivity contribution is 6.04. The third-order valence-corrected chi connectivity index (χ3v) is 6.32. The summed E-state index contributed by atoms with van der Waals surface area (Å²) in [5, 5.41) is 8.32. The number of anilines is 1. The third-order valence-electron chi connectivity index (χ3n) is 6.32. The number of H-pyrrole nitrogens is 1. The lowest BCUT2D eigenvalue weighted by molar-refractivity contribution is -0.136. The smallest absolute Gasteiger partial charge is 0.259 e. The molecular formula is C25H27N5O3. The van der Waals surface area contributed by atoms with E-state index in [1.807, 2.05) is 11.0 Å². The van der Waals surface area contributed by atoms with Crippen molar-refractivity contribution in [1.29, 1.82) is 0 Å². The summed E-state index contributed by atoms with van der Waals surface area (Å²) in [5.74, 6) is 0.544. The van der Waals surface area contributed by atoms with Crippen LogP contribution in [0.2, 0.25) is 0 Å². The number of para-hydroxylation sites is 1. The fraction of sp³-hybridized carbons (Fsp3) is 0.320. The van der Waals surface area contributed by atoms with Crippen LogP contribution in [0.1, 0.15) is 47.3 Å². The van der Waals surface area contributed by atoms with Crippen LogP contribution in [0.15, 0.2) is 53.4 Å². The zero-order valence-corrected chi connectivity index (χ0v) is 19.0. The van der Waals surface area contributed by atoms with E-state index in [1.54, 1.807) is 30.1 Å². The Morgan fingerprint density at radius 3 is 2.85 bits per heavy atom. The van der Waals surface area contributed by atoms with Crippen LogP contribution < -0.4 is 5.32 Å². The summed E-state index contributed by atoms with van der Waals surface area (Å²) in [4.78, 5) is 31.2. The van der Waals surface area contributed by atoms with Crippen molar-refractivity contribution in [2.45, 2.75) is 39.8 Å². The molecule has 8 nitrogen and oxygen atoms in total. The number of aryl methyl sites for hydroxylation is 1. The predicted molar refractivity (Wildman–Crippen MR) is 125 cm³/mol. The summed E-state index contributed by atoms with van der Waals surface area (Å²) in [6.45, 7) is 6.80. The van der Waals surface area contributed by atoms with E-state index in [1.165, 1.54) is 17.2 Å². The van der Waals surface area contributed by atoms with E-state index < -0.39 is 0 Å². The highest BCUT2D eigenvalue weighted by Gasteiger charge is 2.35. The number of benzene rings is 1. The first-order valence-corrected chi connectivity index (χ1v) is 11.2. The van der Waals surface area contributed by atoms with Crippen molar-refractivity contribution >= 4 is 28.4 Å². The fourth-order valence-corrected chi connectivity index (χ4v) is 4.81. The maximum Gasteiger partial charge on any atom is 0.259 e. The molecule has 4 aromatic rings. The SMILES string of the molecule is Cc1occc1C(=O)Nc1cnn(CC(=O)N2CCc3c([nH]c4ccccc34)C2C(C)C)c1. The number of rotatable bonds is 5. The molecule has 33 heavy (non-hydrogen) atoms. The Labute approximate surface area is 191 Å². The molecule has 0 bridgehead atoms. The lowest BCUT2D eigenvalue weighted by Crippen LogP contribution is -2.43. The number of furan rings is 1. The minimum absolute atomic E-state index is 0.00432. The Hall–Kier alpha value is -3.81. The van der Waals surface area contributed by atoms with Crippen molar-refractivity contribution in [3.8, 4) is 0 Å².